The van der Waals surface area contributed by atoms with Crippen LogP contribution in [-0.4, -0.2) is 17.0 Å². The van der Waals surface area contributed by atoms with Crippen molar-refractivity contribution in [1.82, 2.24) is 0 Å². The van der Waals surface area contributed by atoms with E-state index in [2.05, 4.69) is 0 Å². The van der Waals surface area contributed by atoms with Crippen LogP contribution in [0.4, 0.5) is 0 Å². The van der Waals surface area contributed by atoms with Gasteiger partial charge in [-0.05, 0) is 13.8 Å². The van der Waals surface area contributed by atoms with Crippen LogP contribution in [0.15, 0.2) is 0 Å². The minimum Gasteiger partial charge on any atom is -0.412 e. The van der Waals surface area contributed by atoms with Crippen LogP contribution < -0.4 is 0 Å². The Kier molecular flexibility index (Phi) is 14.1. The van der Waals surface area contributed by atoms with E-state index in [9.17, 15) is 9.59 Å². The van der Waals surface area contributed by atoms with Gasteiger partial charge in [0.25, 0.3) is 0 Å². The molecule has 0 saturated heterocycles. The number of Topliss-reactive ketones (excluding diaryl/α,β-unsaturated/α-hetero) is 2. The van der Waals surface area contributed by atoms with Gasteiger partial charge in [0.2, 0.25) is 0 Å². The molecule has 0 aromatic heterocycles. The molecule has 0 rings (SSSR count). The molecule has 0 unspecified atom stereocenters. The second-order valence-corrected chi connectivity index (χ2v) is 1.58. The van der Waals surface area contributed by atoms with E-state index in [1.54, 1.807) is 0 Å². The molecule has 0 aromatic rings. The van der Waals surface area contributed by atoms with Crippen LogP contribution in [0.2, 0.25) is 0 Å². The van der Waals surface area contributed by atoms with E-state index in [1.807, 2.05) is 0 Å². The van der Waals surface area contributed by atoms with Gasteiger partial charge in [-0.15, -0.1) is 0 Å². The molecule has 0 aliphatic heterocycles. The number of rotatable bonds is 2. The van der Waals surface area contributed by atoms with Gasteiger partial charge in [0.1, 0.15) is 11.6 Å². The third-order valence-electron chi connectivity index (χ3n) is 0.498. The molecule has 0 fully saturated rings. The van der Waals surface area contributed by atoms with Crippen molar-refractivity contribution in [2.75, 3.05) is 0 Å². The van der Waals surface area contributed by atoms with Crippen molar-refractivity contribution < 1.29 is 34.5 Å². The Morgan fingerprint density at radius 2 is 1.33 bits per heavy atom. The molecule has 0 radical (unpaired) electrons. The molecule has 48 valence electrons. The standard InChI is InChI=1S/C5H8O2.H2O.Zn/c1-4(6)3-5(2)7;;/h3H2,1-2H3;1H2;/q;;+2. The zero-order valence-corrected chi connectivity index (χ0v) is 8.70. The van der Waals surface area contributed by atoms with Crippen molar-refractivity contribution in [3.05, 3.63) is 0 Å². The average Bonchev–Trinajstić information content (AvgIpc) is 1.27. The molecular formula is C5H10O3Zn+2. The molecule has 0 aromatic carbocycles. The molecule has 0 aliphatic rings. The number of hydrogen-bond donors (Lipinski definition) is 0. The summed E-state index contributed by atoms with van der Waals surface area (Å²) in [5, 5.41) is 0. The van der Waals surface area contributed by atoms with Gasteiger partial charge in [-0.25, -0.2) is 0 Å². The molecule has 4 heteroatoms. The van der Waals surface area contributed by atoms with Gasteiger partial charge in [-0.1, -0.05) is 0 Å². The van der Waals surface area contributed by atoms with E-state index in [-0.39, 0.29) is 42.9 Å². The largest absolute Gasteiger partial charge is 2.00 e. The van der Waals surface area contributed by atoms with Crippen molar-refractivity contribution in [1.29, 1.82) is 0 Å². The van der Waals surface area contributed by atoms with Crippen molar-refractivity contribution >= 4 is 11.6 Å². The fraction of sp³-hybridized carbons (Fsp3) is 0.600. The minimum absolute atomic E-state index is 0. The van der Waals surface area contributed by atoms with Gasteiger partial charge < -0.3 is 5.48 Å². The van der Waals surface area contributed by atoms with Crippen LogP contribution in [0.3, 0.4) is 0 Å². The maximum atomic E-state index is 10.0. The van der Waals surface area contributed by atoms with E-state index >= 15 is 0 Å². The Labute approximate surface area is 66.9 Å². The second-order valence-electron chi connectivity index (χ2n) is 1.58. The van der Waals surface area contributed by atoms with E-state index in [1.165, 1.54) is 13.8 Å². The van der Waals surface area contributed by atoms with Gasteiger partial charge in [-0.3, -0.25) is 9.59 Å². The predicted octanol–water partition coefficient (Wildman–Crippen LogP) is -0.273. The van der Waals surface area contributed by atoms with Crippen molar-refractivity contribution in [3.8, 4) is 0 Å². The normalized spacial score (nSPS) is 6.44. The fourth-order valence-electron chi connectivity index (χ4n) is 0.351. The van der Waals surface area contributed by atoms with Crippen LogP contribution in [0, 0.1) is 0 Å². The molecule has 0 saturated carbocycles. The predicted molar refractivity (Wildman–Crippen MR) is 29.6 cm³/mol. The van der Waals surface area contributed by atoms with Gasteiger partial charge in [-0.2, -0.15) is 0 Å². The zero-order valence-electron chi connectivity index (χ0n) is 5.73. The molecule has 0 atom stereocenters. The Balaban J connectivity index is -0.000000180. The summed E-state index contributed by atoms with van der Waals surface area (Å²) < 4.78 is 0. The first-order valence-corrected chi connectivity index (χ1v) is 2.12. The summed E-state index contributed by atoms with van der Waals surface area (Å²) in [5.41, 5.74) is 0. The van der Waals surface area contributed by atoms with Gasteiger partial charge >= 0.3 is 19.5 Å². The van der Waals surface area contributed by atoms with Gasteiger partial charge in [0.15, 0.2) is 0 Å². The monoisotopic (exact) mass is 182 g/mol. The Morgan fingerprint density at radius 1 is 1.11 bits per heavy atom. The summed E-state index contributed by atoms with van der Waals surface area (Å²) >= 11 is 0. The average molecular weight is 184 g/mol. The van der Waals surface area contributed by atoms with E-state index in [0.29, 0.717) is 0 Å². The fourth-order valence-corrected chi connectivity index (χ4v) is 0.351. The quantitative estimate of drug-likeness (QED) is 0.437. The molecule has 2 N–H and O–H groups in total. The molecule has 9 heavy (non-hydrogen) atoms. The smallest absolute Gasteiger partial charge is 0.412 e. The first kappa shape index (κ1) is 16.0. The van der Waals surface area contributed by atoms with Gasteiger partial charge in [0.05, 0.1) is 6.42 Å². The number of carbonyl (C=O) groups excluding carboxylic acids is 2. The molecule has 0 bridgehead atoms. The summed E-state index contributed by atoms with van der Waals surface area (Å²) in [6.45, 7) is 2.81. The minimum atomic E-state index is -0.0625. The summed E-state index contributed by atoms with van der Waals surface area (Å²) in [5.74, 6) is -0.125. The van der Waals surface area contributed by atoms with Crippen LogP contribution >= 0.6 is 0 Å². The number of carbonyl (C=O) groups is 2. The Morgan fingerprint density at radius 3 is 1.33 bits per heavy atom. The maximum absolute atomic E-state index is 10.0. The first-order valence-electron chi connectivity index (χ1n) is 2.12. The third-order valence-corrected chi connectivity index (χ3v) is 0.498. The molecule has 0 spiro atoms. The number of hydrogen-bond acceptors (Lipinski definition) is 2. The Hall–Kier alpha value is -0.0766. The third kappa shape index (κ3) is 18.1. The topological polar surface area (TPSA) is 65.6 Å². The Bertz CT molecular complexity index is 88.4. The second kappa shape index (κ2) is 7.92. The molecular weight excluding hydrogens is 173 g/mol. The van der Waals surface area contributed by atoms with Crippen molar-refractivity contribution in [2.45, 2.75) is 20.3 Å². The van der Waals surface area contributed by atoms with Crippen molar-refractivity contribution in [3.63, 3.8) is 0 Å². The van der Waals surface area contributed by atoms with Crippen LogP contribution in [0.25, 0.3) is 0 Å². The summed E-state index contributed by atoms with van der Waals surface area (Å²) in [6, 6.07) is 0. The molecule has 0 heterocycles. The zero-order chi connectivity index (χ0) is 5.86. The molecule has 3 nitrogen and oxygen atoms in total. The summed E-state index contributed by atoms with van der Waals surface area (Å²) in [6.07, 6.45) is 0.0833. The van der Waals surface area contributed by atoms with E-state index in [4.69, 9.17) is 0 Å². The summed E-state index contributed by atoms with van der Waals surface area (Å²) in [4.78, 5) is 20.1. The van der Waals surface area contributed by atoms with E-state index < -0.39 is 0 Å². The SMILES string of the molecule is CC(=O)CC(C)=O.O.[Zn+2]. The number of ketones is 2. The van der Waals surface area contributed by atoms with Crippen LogP contribution in [0.5, 0.6) is 0 Å². The maximum Gasteiger partial charge on any atom is 2.00 e. The molecule has 0 amide bonds. The summed E-state index contributed by atoms with van der Waals surface area (Å²) in [7, 11) is 0. The van der Waals surface area contributed by atoms with Crippen LogP contribution in [0.1, 0.15) is 20.3 Å². The van der Waals surface area contributed by atoms with Crippen molar-refractivity contribution in [2.24, 2.45) is 0 Å². The first-order chi connectivity index (χ1) is 3.13. The van der Waals surface area contributed by atoms with Crippen LogP contribution in [-0.2, 0) is 29.1 Å². The van der Waals surface area contributed by atoms with Gasteiger partial charge in [0, 0.05) is 0 Å². The molecule has 0 aliphatic carbocycles. The van der Waals surface area contributed by atoms with E-state index in [0.717, 1.165) is 0 Å².